The fourth-order valence-corrected chi connectivity index (χ4v) is 1.25. The van der Waals surface area contributed by atoms with Gasteiger partial charge in [-0.2, -0.15) is 0 Å². The Kier molecular flexibility index (Phi) is 13.1. The molecule has 0 spiro atoms. The zero-order chi connectivity index (χ0) is 11.9. The van der Waals surface area contributed by atoms with Crippen LogP contribution in [0.3, 0.4) is 0 Å². The van der Waals surface area contributed by atoms with Gasteiger partial charge in [-0.1, -0.05) is 62.0 Å². The van der Waals surface area contributed by atoms with Crippen molar-refractivity contribution in [2.75, 3.05) is 0 Å². The third kappa shape index (κ3) is 13.0. The lowest BCUT2D eigenvalue weighted by atomic mass is 10.2. The average Bonchev–Trinajstić information content (AvgIpc) is 2.31. The molecule has 0 rings (SSSR count). The first-order chi connectivity index (χ1) is 7.91. The van der Waals surface area contributed by atoms with Crippen molar-refractivity contribution in [3.63, 3.8) is 0 Å². The van der Waals surface area contributed by atoms with Crippen molar-refractivity contribution in [1.82, 2.24) is 0 Å². The van der Waals surface area contributed by atoms with Crippen molar-refractivity contribution >= 4 is 0 Å². The molecule has 1 radical (unpaired) electrons. The maximum absolute atomic E-state index is 3.65. The quantitative estimate of drug-likeness (QED) is 0.358. The fourth-order valence-electron chi connectivity index (χ4n) is 1.25. The van der Waals surface area contributed by atoms with Gasteiger partial charge in [-0.05, 0) is 39.0 Å². The highest BCUT2D eigenvalue weighted by Crippen LogP contribution is 1.97. The van der Waals surface area contributed by atoms with Crippen LogP contribution < -0.4 is 0 Å². The lowest BCUT2D eigenvalue weighted by Crippen LogP contribution is -1.65. The topological polar surface area (TPSA) is 0 Å². The van der Waals surface area contributed by atoms with E-state index < -0.39 is 0 Å². The molecule has 16 heavy (non-hydrogen) atoms. The second-order valence-electron chi connectivity index (χ2n) is 3.72. The number of unbranched alkanes of at least 4 members (excludes halogenated alkanes) is 2. The van der Waals surface area contributed by atoms with Crippen LogP contribution in [0.2, 0.25) is 0 Å². The molecule has 0 aromatic carbocycles. The Morgan fingerprint density at radius 2 is 1.19 bits per heavy atom. The molecule has 0 saturated heterocycles. The smallest absolute Gasteiger partial charge is 0.0169 e. The van der Waals surface area contributed by atoms with E-state index in [2.05, 4.69) is 56.4 Å². The van der Waals surface area contributed by atoms with E-state index in [-0.39, 0.29) is 0 Å². The number of hydrogen-bond acceptors (Lipinski definition) is 0. The minimum Gasteiger partial charge on any atom is -0.0882 e. The van der Waals surface area contributed by atoms with Crippen molar-refractivity contribution in [3.8, 4) is 0 Å². The summed E-state index contributed by atoms with van der Waals surface area (Å²) in [6.45, 7) is 5.86. The molecule has 0 atom stereocenters. The van der Waals surface area contributed by atoms with Crippen LogP contribution in [0, 0.1) is 6.92 Å². The van der Waals surface area contributed by atoms with Gasteiger partial charge in [-0.25, -0.2) is 0 Å². The molecule has 0 aliphatic carbocycles. The van der Waals surface area contributed by atoms with Gasteiger partial charge in [0.05, 0.1) is 0 Å². The van der Waals surface area contributed by atoms with Crippen LogP contribution in [-0.2, 0) is 0 Å². The molecule has 0 amide bonds. The molecule has 0 bridgehead atoms. The van der Waals surface area contributed by atoms with Crippen molar-refractivity contribution < 1.29 is 0 Å². The summed E-state index contributed by atoms with van der Waals surface area (Å²) in [5, 5.41) is 0. The number of allylic oxidation sites excluding steroid dienone is 8. The highest BCUT2D eigenvalue weighted by Gasteiger charge is 1.76. The van der Waals surface area contributed by atoms with Gasteiger partial charge in [0.15, 0.2) is 0 Å². The Labute approximate surface area is 101 Å². The van der Waals surface area contributed by atoms with E-state index in [1.165, 1.54) is 12.8 Å². The summed E-state index contributed by atoms with van der Waals surface area (Å²) in [5.41, 5.74) is 0. The molecular formula is C16H25. The van der Waals surface area contributed by atoms with Gasteiger partial charge < -0.3 is 0 Å². The van der Waals surface area contributed by atoms with E-state index in [1.807, 2.05) is 6.08 Å². The Balaban J connectivity index is 3.32. The molecule has 89 valence electrons. The molecule has 0 saturated carbocycles. The SMILES string of the molecule is [CH2]/C=C/CC/C=C/C/C=C/C/C=C/CCC. The van der Waals surface area contributed by atoms with Crippen LogP contribution >= 0.6 is 0 Å². The average molecular weight is 217 g/mol. The van der Waals surface area contributed by atoms with Crippen LogP contribution in [0.25, 0.3) is 0 Å². The predicted octanol–water partition coefficient (Wildman–Crippen LogP) is 5.41. The summed E-state index contributed by atoms with van der Waals surface area (Å²) in [6, 6.07) is 0. The van der Waals surface area contributed by atoms with Gasteiger partial charge in [-0.3, -0.25) is 0 Å². The summed E-state index contributed by atoms with van der Waals surface area (Å²) in [7, 11) is 0. The van der Waals surface area contributed by atoms with Crippen molar-refractivity contribution in [1.29, 1.82) is 0 Å². The van der Waals surface area contributed by atoms with E-state index >= 15 is 0 Å². The Morgan fingerprint density at radius 3 is 1.75 bits per heavy atom. The summed E-state index contributed by atoms with van der Waals surface area (Å²) in [6.07, 6.45) is 24.1. The van der Waals surface area contributed by atoms with Crippen LogP contribution in [0.15, 0.2) is 48.6 Å². The second kappa shape index (κ2) is 14.0. The van der Waals surface area contributed by atoms with Gasteiger partial charge >= 0.3 is 0 Å². The van der Waals surface area contributed by atoms with Crippen LogP contribution in [0.1, 0.15) is 45.4 Å². The summed E-state index contributed by atoms with van der Waals surface area (Å²) in [5.74, 6) is 0. The maximum Gasteiger partial charge on any atom is -0.0169 e. The van der Waals surface area contributed by atoms with Gasteiger partial charge in [0, 0.05) is 0 Å². The molecule has 0 aliphatic rings. The zero-order valence-corrected chi connectivity index (χ0v) is 10.6. The fraction of sp³-hybridized carbons (Fsp3) is 0.438. The zero-order valence-electron chi connectivity index (χ0n) is 10.6. The molecular weight excluding hydrogens is 192 g/mol. The van der Waals surface area contributed by atoms with E-state index in [9.17, 15) is 0 Å². The van der Waals surface area contributed by atoms with Gasteiger partial charge in [0.1, 0.15) is 0 Å². The molecule has 0 heterocycles. The Bertz CT molecular complexity index is 228. The molecule has 0 fully saturated rings. The van der Waals surface area contributed by atoms with Crippen molar-refractivity contribution in [2.45, 2.75) is 45.4 Å². The van der Waals surface area contributed by atoms with E-state index in [4.69, 9.17) is 0 Å². The largest absolute Gasteiger partial charge is 0.0882 e. The third-order valence-electron chi connectivity index (χ3n) is 2.17. The highest BCUT2D eigenvalue weighted by atomic mass is 13.8. The normalized spacial score (nSPS) is 12.9. The molecule has 0 heteroatoms. The summed E-state index contributed by atoms with van der Waals surface area (Å²) < 4.78 is 0. The van der Waals surface area contributed by atoms with Crippen LogP contribution in [-0.4, -0.2) is 0 Å². The first kappa shape index (κ1) is 15.0. The molecule has 0 aromatic heterocycles. The van der Waals surface area contributed by atoms with Crippen LogP contribution in [0.4, 0.5) is 0 Å². The van der Waals surface area contributed by atoms with Gasteiger partial charge in [-0.15, -0.1) is 0 Å². The van der Waals surface area contributed by atoms with Gasteiger partial charge in [0.25, 0.3) is 0 Å². The van der Waals surface area contributed by atoms with E-state index in [0.717, 1.165) is 25.7 Å². The molecule has 0 aromatic rings. The lowest BCUT2D eigenvalue weighted by Gasteiger charge is -1.86. The van der Waals surface area contributed by atoms with Crippen molar-refractivity contribution in [2.24, 2.45) is 0 Å². The molecule has 0 unspecified atom stereocenters. The summed E-state index contributed by atoms with van der Waals surface area (Å²) in [4.78, 5) is 0. The molecule has 0 N–H and O–H groups in total. The Morgan fingerprint density at radius 1 is 0.688 bits per heavy atom. The van der Waals surface area contributed by atoms with E-state index in [0.29, 0.717) is 0 Å². The minimum absolute atomic E-state index is 1.05. The predicted molar refractivity (Wildman–Crippen MR) is 75.3 cm³/mol. The summed E-state index contributed by atoms with van der Waals surface area (Å²) >= 11 is 0. The van der Waals surface area contributed by atoms with Crippen molar-refractivity contribution in [3.05, 3.63) is 55.5 Å². The van der Waals surface area contributed by atoms with Crippen LogP contribution in [0.5, 0.6) is 0 Å². The third-order valence-corrected chi connectivity index (χ3v) is 2.17. The lowest BCUT2D eigenvalue weighted by molar-refractivity contribution is 0.954. The number of rotatable bonds is 9. The van der Waals surface area contributed by atoms with Gasteiger partial charge in [0.2, 0.25) is 0 Å². The van der Waals surface area contributed by atoms with E-state index in [1.54, 1.807) is 0 Å². The maximum atomic E-state index is 3.65. The Hall–Kier alpha value is -1.04. The number of hydrogen-bond donors (Lipinski definition) is 0. The standard InChI is InChI=1S/C16H25/c1-3-5-7-9-11-13-15-16-14-12-10-8-6-4-2/h3,5,8,10-11,13-14,16H,1,4,6-7,9,12,15H2,2H3/b5-3+,10-8+,13-11+,16-14+. The first-order valence-electron chi connectivity index (χ1n) is 6.31. The molecule has 0 aliphatic heterocycles. The monoisotopic (exact) mass is 217 g/mol. The minimum atomic E-state index is 1.05. The highest BCUT2D eigenvalue weighted by molar-refractivity contribution is 4.97. The first-order valence-corrected chi connectivity index (χ1v) is 6.31. The second-order valence-corrected chi connectivity index (χ2v) is 3.72. The molecule has 0 nitrogen and oxygen atoms in total.